The number of aromatic nitrogens is 4. The van der Waals surface area contributed by atoms with Gasteiger partial charge in [0, 0.05) is 19.1 Å². The fourth-order valence-electron chi connectivity index (χ4n) is 2.11. The summed E-state index contributed by atoms with van der Waals surface area (Å²) in [5.74, 6) is 0.741. The minimum Gasteiger partial charge on any atom is -0.376 e. The Morgan fingerprint density at radius 2 is 2.06 bits per heavy atom. The van der Waals surface area contributed by atoms with E-state index in [1.165, 1.54) is 4.80 Å². The summed E-state index contributed by atoms with van der Waals surface area (Å²) in [5, 5.41) is 15.4. The summed E-state index contributed by atoms with van der Waals surface area (Å²) in [7, 11) is 3.72. The first kappa shape index (κ1) is 15.0. The minimum absolute atomic E-state index is 0.0614. The average Bonchev–Trinajstić information content (AvgIpc) is 2.67. The Kier molecular flexibility index (Phi) is 5.22. The second-order valence-corrected chi connectivity index (χ2v) is 5.54. The summed E-state index contributed by atoms with van der Waals surface area (Å²) in [6.07, 6.45) is 0.822. The van der Waals surface area contributed by atoms with Gasteiger partial charge in [0.15, 0.2) is 5.82 Å². The topological polar surface area (TPSA) is 64.9 Å². The van der Waals surface area contributed by atoms with Crippen molar-refractivity contribution in [2.75, 3.05) is 13.7 Å². The van der Waals surface area contributed by atoms with Gasteiger partial charge in [0.25, 0.3) is 0 Å². The Morgan fingerprint density at radius 3 is 2.44 bits per heavy atom. The van der Waals surface area contributed by atoms with Crippen molar-refractivity contribution in [3.05, 3.63) is 5.82 Å². The zero-order chi connectivity index (χ0) is 13.8. The molecule has 1 N–H and O–H groups in total. The molecule has 1 rings (SSSR count). The zero-order valence-electron chi connectivity index (χ0n) is 12.3. The second-order valence-electron chi connectivity index (χ2n) is 5.54. The first-order chi connectivity index (χ1) is 8.38. The molecular weight excluding hydrogens is 230 g/mol. The first-order valence-electron chi connectivity index (χ1n) is 6.40. The molecule has 1 heterocycles. The van der Waals surface area contributed by atoms with E-state index in [1.807, 2.05) is 14.0 Å². The van der Waals surface area contributed by atoms with Crippen molar-refractivity contribution in [1.82, 2.24) is 25.5 Å². The molecule has 6 nitrogen and oxygen atoms in total. The van der Waals surface area contributed by atoms with Crippen molar-refractivity contribution in [3.8, 4) is 0 Å². The molecule has 1 aromatic heterocycles. The molecule has 0 aliphatic carbocycles. The van der Waals surface area contributed by atoms with Crippen LogP contribution < -0.4 is 5.32 Å². The molecule has 0 aromatic carbocycles. The standard InChI is InChI=1S/C12H25N5O/c1-7-18-11(12(2,3)4)9(13-5)8-10-14-16-17(6)15-10/h9,11,13H,7-8H2,1-6H3. The van der Waals surface area contributed by atoms with Gasteiger partial charge in [-0.1, -0.05) is 20.8 Å². The number of nitrogens with zero attached hydrogens (tertiary/aromatic N) is 4. The van der Waals surface area contributed by atoms with E-state index in [-0.39, 0.29) is 17.6 Å². The molecule has 0 bridgehead atoms. The van der Waals surface area contributed by atoms with E-state index in [0.717, 1.165) is 5.82 Å². The molecule has 0 amide bonds. The van der Waals surface area contributed by atoms with Crippen LogP contribution in [0.3, 0.4) is 0 Å². The van der Waals surface area contributed by atoms with Gasteiger partial charge in [-0.15, -0.1) is 10.2 Å². The maximum Gasteiger partial charge on any atom is 0.176 e. The Morgan fingerprint density at radius 1 is 1.39 bits per heavy atom. The van der Waals surface area contributed by atoms with Crippen LogP contribution in [0.4, 0.5) is 0 Å². The molecule has 0 aliphatic heterocycles. The highest BCUT2D eigenvalue weighted by molar-refractivity contribution is 4.93. The van der Waals surface area contributed by atoms with E-state index in [2.05, 4.69) is 41.5 Å². The first-order valence-corrected chi connectivity index (χ1v) is 6.40. The van der Waals surface area contributed by atoms with Crippen LogP contribution in [0.15, 0.2) is 0 Å². The van der Waals surface area contributed by atoms with Crippen molar-refractivity contribution in [1.29, 1.82) is 0 Å². The number of tetrazole rings is 1. The number of nitrogens with one attached hydrogen (secondary N) is 1. The molecule has 0 aliphatic rings. The molecule has 104 valence electrons. The van der Waals surface area contributed by atoms with Gasteiger partial charge in [0.2, 0.25) is 0 Å². The summed E-state index contributed by atoms with van der Waals surface area (Å²) in [6, 6.07) is 0.175. The number of hydrogen-bond acceptors (Lipinski definition) is 5. The molecule has 0 radical (unpaired) electrons. The lowest BCUT2D eigenvalue weighted by Gasteiger charge is -2.36. The third kappa shape index (κ3) is 4.03. The highest BCUT2D eigenvalue weighted by Gasteiger charge is 2.33. The zero-order valence-corrected chi connectivity index (χ0v) is 12.3. The van der Waals surface area contributed by atoms with E-state index in [1.54, 1.807) is 7.05 Å². The van der Waals surface area contributed by atoms with Gasteiger partial charge in [-0.25, -0.2) is 0 Å². The minimum atomic E-state index is 0.0614. The normalized spacial score (nSPS) is 15.7. The van der Waals surface area contributed by atoms with Gasteiger partial charge in [-0.05, 0) is 24.6 Å². The maximum absolute atomic E-state index is 5.89. The maximum atomic E-state index is 5.89. The highest BCUT2D eigenvalue weighted by atomic mass is 16.5. The number of hydrogen-bond donors (Lipinski definition) is 1. The van der Waals surface area contributed by atoms with Crippen LogP contribution in [0.25, 0.3) is 0 Å². The molecule has 2 unspecified atom stereocenters. The molecule has 0 spiro atoms. The van der Waals surface area contributed by atoms with Crippen LogP contribution in [-0.2, 0) is 18.2 Å². The fraction of sp³-hybridized carbons (Fsp3) is 0.917. The summed E-state index contributed by atoms with van der Waals surface area (Å²) < 4.78 is 5.89. The Balaban J connectivity index is 2.79. The molecule has 6 heteroatoms. The lowest BCUT2D eigenvalue weighted by atomic mass is 9.83. The summed E-state index contributed by atoms with van der Waals surface area (Å²) in [5.41, 5.74) is 0.0614. The van der Waals surface area contributed by atoms with Crippen LogP contribution in [-0.4, -0.2) is 46.0 Å². The fourth-order valence-corrected chi connectivity index (χ4v) is 2.11. The molecule has 18 heavy (non-hydrogen) atoms. The van der Waals surface area contributed by atoms with Crippen molar-refractivity contribution in [2.24, 2.45) is 12.5 Å². The lowest BCUT2D eigenvalue weighted by molar-refractivity contribution is -0.0344. The quantitative estimate of drug-likeness (QED) is 0.814. The van der Waals surface area contributed by atoms with Crippen LogP contribution >= 0.6 is 0 Å². The summed E-state index contributed by atoms with van der Waals surface area (Å²) in [6.45, 7) is 9.27. The van der Waals surface area contributed by atoms with Crippen LogP contribution in [0.5, 0.6) is 0 Å². The van der Waals surface area contributed by atoms with Gasteiger partial charge in [-0.2, -0.15) is 4.80 Å². The van der Waals surface area contributed by atoms with Crippen molar-refractivity contribution in [2.45, 2.75) is 46.3 Å². The number of aryl methyl sites for hydroxylation is 1. The molecular formula is C12H25N5O. The van der Waals surface area contributed by atoms with Gasteiger partial charge in [0.05, 0.1) is 13.2 Å². The van der Waals surface area contributed by atoms with Crippen LogP contribution in [0.1, 0.15) is 33.5 Å². The van der Waals surface area contributed by atoms with Gasteiger partial charge in [0.1, 0.15) is 0 Å². The molecule has 1 aromatic rings. The van der Waals surface area contributed by atoms with Gasteiger partial charge < -0.3 is 10.1 Å². The Hall–Kier alpha value is -1.01. The lowest BCUT2D eigenvalue weighted by Crippen LogP contribution is -2.48. The van der Waals surface area contributed by atoms with E-state index < -0.39 is 0 Å². The van der Waals surface area contributed by atoms with Crippen molar-refractivity contribution in [3.63, 3.8) is 0 Å². The second kappa shape index (κ2) is 6.24. The van der Waals surface area contributed by atoms with Gasteiger partial charge >= 0.3 is 0 Å². The van der Waals surface area contributed by atoms with Crippen LogP contribution in [0.2, 0.25) is 0 Å². The largest absolute Gasteiger partial charge is 0.376 e. The third-order valence-electron chi connectivity index (χ3n) is 2.89. The van der Waals surface area contributed by atoms with E-state index >= 15 is 0 Å². The number of ether oxygens (including phenoxy) is 1. The number of rotatable bonds is 6. The van der Waals surface area contributed by atoms with E-state index in [0.29, 0.717) is 13.0 Å². The van der Waals surface area contributed by atoms with Gasteiger partial charge in [-0.3, -0.25) is 0 Å². The highest BCUT2D eigenvalue weighted by Crippen LogP contribution is 2.26. The average molecular weight is 255 g/mol. The van der Waals surface area contributed by atoms with Crippen molar-refractivity contribution < 1.29 is 4.74 Å². The van der Waals surface area contributed by atoms with E-state index in [4.69, 9.17) is 4.74 Å². The monoisotopic (exact) mass is 255 g/mol. The summed E-state index contributed by atoms with van der Waals surface area (Å²) in [4.78, 5) is 1.48. The molecule has 0 saturated heterocycles. The molecule has 2 atom stereocenters. The van der Waals surface area contributed by atoms with Crippen molar-refractivity contribution >= 4 is 0 Å². The smallest absolute Gasteiger partial charge is 0.176 e. The Bertz CT molecular complexity index is 358. The molecule has 0 saturated carbocycles. The Labute approximate surface area is 109 Å². The van der Waals surface area contributed by atoms with Crippen LogP contribution in [0, 0.1) is 5.41 Å². The molecule has 0 fully saturated rings. The predicted octanol–water partition coefficient (Wildman–Crippen LogP) is 0.792. The SMILES string of the molecule is CCOC(C(Cc1nnn(C)n1)NC)C(C)(C)C. The predicted molar refractivity (Wildman–Crippen MR) is 70.2 cm³/mol. The summed E-state index contributed by atoms with van der Waals surface area (Å²) >= 11 is 0. The number of likely N-dealkylation sites (N-methyl/N-ethyl adjacent to an activating group) is 1. The van der Waals surface area contributed by atoms with E-state index in [9.17, 15) is 0 Å². The third-order valence-corrected chi connectivity index (χ3v) is 2.89.